The van der Waals surface area contributed by atoms with Gasteiger partial charge in [0.1, 0.15) is 0 Å². The lowest BCUT2D eigenvalue weighted by Crippen LogP contribution is -2.42. The second-order valence-electron chi connectivity index (χ2n) is 3.38. The van der Waals surface area contributed by atoms with E-state index in [1.807, 2.05) is 6.92 Å². The molecular weight excluding hydrogens is 164 g/mol. The number of allylic oxidation sites excluding steroid dienone is 1. The number of hydrogen-bond donors (Lipinski definition) is 2. The second-order valence-corrected chi connectivity index (χ2v) is 3.38. The van der Waals surface area contributed by atoms with E-state index in [1.54, 1.807) is 0 Å². The summed E-state index contributed by atoms with van der Waals surface area (Å²) in [5.74, 6) is 0. The van der Waals surface area contributed by atoms with Gasteiger partial charge < -0.3 is 10.6 Å². The molecule has 0 aromatic rings. The minimum atomic E-state index is -0.0258. The third-order valence-corrected chi connectivity index (χ3v) is 2.14. The van der Waals surface area contributed by atoms with Gasteiger partial charge in [-0.1, -0.05) is 19.1 Å². The molecular formula is C10H18N2O. The molecule has 2 N–H and O–H groups in total. The number of carbonyl (C=O) groups is 1. The molecule has 1 aliphatic carbocycles. The SMILES string of the molecule is CCCNC(=O)NC1CC=CCC1. The van der Waals surface area contributed by atoms with Crippen LogP contribution in [0, 0.1) is 0 Å². The highest BCUT2D eigenvalue weighted by atomic mass is 16.2. The van der Waals surface area contributed by atoms with Gasteiger partial charge in [-0.3, -0.25) is 0 Å². The Kier molecular flexibility index (Phi) is 4.36. The van der Waals surface area contributed by atoms with Crippen LogP contribution in [0.1, 0.15) is 32.6 Å². The molecule has 0 radical (unpaired) electrons. The zero-order chi connectivity index (χ0) is 9.52. The van der Waals surface area contributed by atoms with Crippen LogP contribution in [0.25, 0.3) is 0 Å². The van der Waals surface area contributed by atoms with Gasteiger partial charge in [-0.15, -0.1) is 0 Å². The molecule has 0 aromatic carbocycles. The minimum absolute atomic E-state index is 0.0258. The first-order valence-electron chi connectivity index (χ1n) is 5.02. The van der Waals surface area contributed by atoms with Gasteiger partial charge in [-0.2, -0.15) is 0 Å². The Hall–Kier alpha value is -0.990. The summed E-state index contributed by atoms with van der Waals surface area (Å²) >= 11 is 0. The molecule has 74 valence electrons. The molecule has 0 heterocycles. The third kappa shape index (κ3) is 3.97. The van der Waals surface area contributed by atoms with Crippen molar-refractivity contribution in [1.29, 1.82) is 0 Å². The molecule has 3 nitrogen and oxygen atoms in total. The first kappa shape index (κ1) is 10.1. The fourth-order valence-electron chi connectivity index (χ4n) is 1.40. The van der Waals surface area contributed by atoms with Crippen LogP contribution in [0.15, 0.2) is 12.2 Å². The first-order chi connectivity index (χ1) is 6.33. The van der Waals surface area contributed by atoms with Gasteiger partial charge in [-0.25, -0.2) is 4.79 Å². The number of urea groups is 1. The highest BCUT2D eigenvalue weighted by molar-refractivity contribution is 5.74. The van der Waals surface area contributed by atoms with Crippen LogP contribution in [0.4, 0.5) is 4.79 Å². The van der Waals surface area contributed by atoms with Gasteiger partial charge >= 0.3 is 6.03 Å². The first-order valence-corrected chi connectivity index (χ1v) is 5.02. The summed E-state index contributed by atoms with van der Waals surface area (Å²) in [6.45, 7) is 2.80. The zero-order valence-electron chi connectivity index (χ0n) is 8.18. The minimum Gasteiger partial charge on any atom is -0.338 e. The molecule has 1 rings (SSSR count). The number of nitrogens with one attached hydrogen (secondary N) is 2. The van der Waals surface area contributed by atoms with E-state index in [2.05, 4.69) is 22.8 Å². The number of amides is 2. The van der Waals surface area contributed by atoms with Crippen LogP contribution in [0.2, 0.25) is 0 Å². The summed E-state index contributed by atoms with van der Waals surface area (Å²) < 4.78 is 0. The Morgan fingerprint density at radius 1 is 1.54 bits per heavy atom. The molecule has 1 unspecified atom stereocenters. The summed E-state index contributed by atoms with van der Waals surface area (Å²) in [6, 6.07) is 0.309. The number of hydrogen-bond acceptors (Lipinski definition) is 1. The Balaban J connectivity index is 2.15. The monoisotopic (exact) mass is 182 g/mol. The van der Waals surface area contributed by atoms with Crippen molar-refractivity contribution in [2.24, 2.45) is 0 Å². The normalized spacial score (nSPS) is 21.2. The van der Waals surface area contributed by atoms with Gasteiger partial charge in [0.05, 0.1) is 0 Å². The van der Waals surface area contributed by atoms with Crippen LogP contribution in [0.5, 0.6) is 0 Å². The molecule has 0 spiro atoms. The van der Waals surface area contributed by atoms with Crippen LogP contribution in [-0.2, 0) is 0 Å². The Morgan fingerprint density at radius 3 is 3.00 bits per heavy atom. The van der Waals surface area contributed by atoms with Crippen molar-refractivity contribution in [2.45, 2.75) is 38.6 Å². The average molecular weight is 182 g/mol. The van der Waals surface area contributed by atoms with Crippen molar-refractivity contribution in [3.63, 3.8) is 0 Å². The molecule has 0 saturated heterocycles. The molecule has 13 heavy (non-hydrogen) atoms. The van der Waals surface area contributed by atoms with Gasteiger partial charge in [0.25, 0.3) is 0 Å². The Labute approximate surface area is 79.6 Å². The van der Waals surface area contributed by atoms with Crippen LogP contribution in [-0.4, -0.2) is 18.6 Å². The van der Waals surface area contributed by atoms with Gasteiger partial charge in [-0.05, 0) is 25.7 Å². The lowest BCUT2D eigenvalue weighted by atomic mass is 10.0. The van der Waals surface area contributed by atoms with Crippen molar-refractivity contribution >= 4 is 6.03 Å². The van der Waals surface area contributed by atoms with Gasteiger partial charge in [0.15, 0.2) is 0 Å². The van der Waals surface area contributed by atoms with Crippen molar-refractivity contribution in [3.8, 4) is 0 Å². The van der Waals surface area contributed by atoms with Crippen molar-refractivity contribution in [2.75, 3.05) is 6.54 Å². The quantitative estimate of drug-likeness (QED) is 0.642. The fraction of sp³-hybridized carbons (Fsp3) is 0.700. The highest BCUT2D eigenvalue weighted by Gasteiger charge is 2.11. The van der Waals surface area contributed by atoms with E-state index in [0.29, 0.717) is 6.04 Å². The van der Waals surface area contributed by atoms with E-state index in [-0.39, 0.29) is 6.03 Å². The molecule has 1 aliphatic rings. The van der Waals surface area contributed by atoms with Crippen LogP contribution >= 0.6 is 0 Å². The van der Waals surface area contributed by atoms with Crippen LogP contribution in [0.3, 0.4) is 0 Å². The highest BCUT2D eigenvalue weighted by Crippen LogP contribution is 2.09. The lowest BCUT2D eigenvalue weighted by molar-refractivity contribution is 0.236. The molecule has 0 saturated carbocycles. The van der Waals surface area contributed by atoms with E-state index >= 15 is 0 Å². The van der Waals surface area contributed by atoms with Crippen molar-refractivity contribution in [1.82, 2.24) is 10.6 Å². The molecule has 0 aromatic heterocycles. The number of carbonyl (C=O) groups excluding carboxylic acids is 1. The summed E-state index contributed by atoms with van der Waals surface area (Å²) in [5.41, 5.74) is 0. The largest absolute Gasteiger partial charge is 0.338 e. The van der Waals surface area contributed by atoms with E-state index in [9.17, 15) is 4.79 Å². The molecule has 0 aliphatic heterocycles. The smallest absolute Gasteiger partial charge is 0.315 e. The maximum absolute atomic E-state index is 11.2. The van der Waals surface area contributed by atoms with Crippen molar-refractivity contribution < 1.29 is 4.79 Å². The van der Waals surface area contributed by atoms with E-state index in [4.69, 9.17) is 0 Å². The molecule has 1 atom stereocenters. The summed E-state index contributed by atoms with van der Waals surface area (Å²) in [4.78, 5) is 11.2. The van der Waals surface area contributed by atoms with Crippen LogP contribution < -0.4 is 10.6 Å². The maximum atomic E-state index is 11.2. The van der Waals surface area contributed by atoms with E-state index < -0.39 is 0 Å². The van der Waals surface area contributed by atoms with Crippen molar-refractivity contribution in [3.05, 3.63) is 12.2 Å². The molecule has 0 bridgehead atoms. The Bertz CT molecular complexity index is 189. The average Bonchev–Trinajstić information content (AvgIpc) is 2.16. The Morgan fingerprint density at radius 2 is 2.38 bits per heavy atom. The predicted octanol–water partition coefficient (Wildman–Crippen LogP) is 1.80. The van der Waals surface area contributed by atoms with E-state index in [0.717, 1.165) is 32.2 Å². The van der Waals surface area contributed by atoms with Gasteiger partial charge in [0, 0.05) is 12.6 Å². The molecule has 2 amide bonds. The summed E-state index contributed by atoms with van der Waals surface area (Å²) in [6.07, 6.45) is 8.41. The molecule has 3 heteroatoms. The predicted molar refractivity (Wildman–Crippen MR) is 53.6 cm³/mol. The van der Waals surface area contributed by atoms with E-state index in [1.165, 1.54) is 0 Å². The molecule has 0 fully saturated rings. The number of rotatable bonds is 3. The third-order valence-electron chi connectivity index (χ3n) is 2.14. The lowest BCUT2D eigenvalue weighted by Gasteiger charge is -2.19. The fourth-order valence-corrected chi connectivity index (χ4v) is 1.40. The standard InChI is InChI=1S/C10H18N2O/c1-2-8-11-10(13)12-9-6-4-3-5-7-9/h3-4,9H,2,5-8H2,1H3,(H2,11,12,13). The van der Waals surface area contributed by atoms with Gasteiger partial charge in [0.2, 0.25) is 0 Å². The summed E-state index contributed by atoms with van der Waals surface area (Å²) in [5, 5.41) is 5.76. The maximum Gasteiger partial charge on any atom is 0.315 e. The second kappa shape index (κ2) is 5.62. The zero-order valence-corrected chi connectivity index (χ0v) is 8.18. The summed E-state index contributed by atoms with van der Waals surface area (Å²) in [7, 11) is 0. The topological polar surface area (TPSA) is 41.1 Å².